The fourth-order valence-corrected chi connectivity index (χ4v) is 2.42. The minimum absolute atomic E-state index is 0.0241. The van der Waals surface area contributed by atoms with Crippen molar-refractivity contribution in [2.75, 3.05) is 11.9 Å². The van der Waals surface area contributed by atoms with Crippen LogP contribution >= 0.6 is 23.2 Å². The van der Waals surface area contributed by atoms with E-state index < -0.39 is 11.9 Å². The van der Waals surface area contributed by atoms with Gasteiger partial charge in [-0.05, 0) is 25.1 Å². The predicted molar refractivity (Wildman–Crippen MR) is 93.3 cm³/mol. The molecule has 4 nitrogen and oxygen atoms in total. The molecule has 0 bridgehead atoms. The maximum atomic E-state index is 13.3. The summed E-state index contributed by atoms with van der Waals surface area (Å²) >= 11 is 11.8. The molecule has 134 valence electrons. The van der Waals surface area contributed by atoms with E-state index in [1.165, 1.54) is 12.1 Å². The molecule has 0 atom stereocenters. The molecule has 0 saturated heterocycles. The lowest BCUT2D eigenvalue weighted by Gasteiger charge is -2.14. The van der Waals surface area contributed by atoms with Crippen LogP contribution in [0, 0.1) is 0 Å². The Kier molecular flexibility index (Phi) is 6.26. The highest BCUT2D eigenvalue weighted by Crippen LogP contribution is 2.32. The Bertz CT molecular complexity index is 778. The first-order chi connectivity index (χ1) is 11.7. The minimum Gasteiger partial charge on any atom is -0.323 e. The van der Waals surface area contributed by atoms with E-state index in [0.29, 0.717) is 17.3 Å². The highest BCUT2D eigenvalue weighted by atomic mass is 35.5. The van der Waals surface area contributed by atoms with Gasteiger partial charge in [-0.15, -0.1) is 0 Å². The normalized spacial score (nSPS) is 11.4. The van der Waals surface area contributed by atoms with Crippen LogP contribution in [0.3, 0.4) is 0 Å². The smallest absolute Gasteiger partial charge is 0.323 e. The molecule has 0 amide bonds. The number of anilines is 2. The molecule has 1 aromatic carbocycles. The van der Waals surface area contributed by atoms with Gasteiger partial charge in [-0.2, -0.15) is 13.2 Å². The van der Waals surface area contributed by atoms with E-state index in [-0.39, 0.29) is 23.1 Å². The summed E-state index contributed by atoms with van der Waals surface area (Å²) in [4.78, 5) is 7.53. The van der Waals surface area contributed by atoms with Crippen molar-refractivity contribution >= 4 is 34.8 Å². The number of rotatable bonds is 6. The molecular weight excluding hydrogens is 376 g/mol. The van der Waals surface area contributed by atoms with Gasteiger partial charge < -0.3 is 10.6 Å². The van der Waals surface area contributed by atoms with Crippen LogP contribution in [0.25, 0.3) is 0 Å². The van der Waals surface area contributed by atoms with Crippen LogP contribution in [0.1, 0.15) is 18.2 Å². The zero-order valence-electron chi connectivity index (χ0n) is 13.2. The second kappa shape index (κ2) is 8.03. The fourth-order valence-electron chi connectivity index (χ4n) is 1.96. The third-order valence-corrected chi connectivity index (χ3v) is 3.60. The Morgan fingerprint density at radius 2 is 2.00 bits per heavy atom. The Balaban J connectivity index is 2.27. The van der Waals surface area contributed by atoms with Gasteiger partial charge in [0.2, 0.25) is 5.95 Å². The van der Waals surface area contributed by atoms with E-state index in [9.17, 15) is 13.2 Å². The number of nitrogens with one attached hydrogen (secondary N) is 2. The van der Waals surface area contributed by atoms with Crippen molar-refractivity contribution in [1.82, 2.24) is 15.3 Å². The monoisotopic (exact) mass is 390 g/mol. The van der Waals surface area contributed by atoms with Crippen LogP contribution in [-0.4, -0.2) is 16.5 Å². The summed E-state index contributed by atoms with van der Waals surface area (Å²) in [7, 11) is 0. The lowest BCUT2D eigenvalue weighted by molar-refractivity contribution is -0.141. The van der Waals surface area contributed by atoms with Gasteiger partial charge in [0.05, 0.1) is 10.7 Å². The van der Waals surface area contributed by atoms with Gasteiger partial charge in [-0.25, -0.2) is 9.97 Å². The molecule has 1 heterocycles. The Morgan fingerprint density at radius 1 is 1.28 bits per heavy atom. The van der Waals surface area contributed by atoms with Crippen LogP contribution < -0.4 is 10.6 Å². The molecule has 0 radical (unpaired) electrons. The van der Waals surface area contributed by atoms with E-state index >= 15 is 0 Å². The van der Waals surface area contributed by atoms with Crippen molar-refractivity contribution < 1.29 is 13.2 Å². The first kappa shape index (κ1) is 19.5. The molecule has 0 unspecified atom stereocenters. The van der Waals surface area contributed by atoms with Crippen molar-refractivity contribution in [3.05, 3.63) is 57.9 Å². The zero-order chi connectivity index (χ0) is 18.6. The van der Waals surface area contributed by atoms with Gasteiger partial charge in [-0.3, -0.25) is 0 Å². The Morgan fingerprint density at radius 3 is 2.60 bits per heavy atom. The van der Waals surface area contributed by atoms with Crippen LogP contribution in [0.15, 0.2) is 36.5 Å². The van der Waals surface area contributed by atoms with Gasteiger partial charge in [0.1, 0.15) is 0 Å². The van der Waals surface area contributed by atoms with Crippen LogP contribution in [-0.2, 0) is 12.7 Å². The summed E-state index contributed by atoms with van der Waals surface area (Å²) in [5.41, 5.74) is 0.100. The highest BCUT2D eigenvalue weighted by molar-refractivity contribution is 6.36. The molecule has 1 aromatic heterocycles. The first-order valence-corrected chi connectivity index (χ1v) is 7.92. The summed E-state index contributed by atoms with van der Waals surface area (Å²) in [6.07, 6.45) is -3.48. The van der Waals surface area contributed by atoms with Crippen LogP contribution in [0.2, 0.25) is 10.0 Å². The number of hydrogen-bond acceptors (Lipinski definition) is 4. The van der Waals surface area contributed by atoms with Crippen molar-refractivity contribution in [2.24, 2.45) is 0 Å². The first-order valence-electron chi connectivity index (χ1n) is 7.17. The molecule has 2 aromatic rings. The molecule has 25 heavy (non-hydrogen) atoms. The van der Waals surface area contributed by atoms with Gasteiger partial charge in [0.15, 0.2) is 5.69 Å². The number of halogens is 5. The van der Waals surface area contributed by atoms with Gasteiger partial charge in [0.25, 0.3) is 0 Å². The molecule has 0 fully saturated rings. The summed E-state index contributed by atoms with van der Waals surface area (Å²) < 4.78 is 39.8. The molecule has 0 aliphatic rings. The summed E-state index contributed by atoms with van der Waals surface area (Å²) in [6, 6.07) is 4.55. The number of benzene rings is 1. The minimum atomic E-state index is -4.61. The second-order valence-corrected chi connectivity index (χ2v) is 6.22. The SMILES string of the molecule is C=C(C)CNCc1cnc(Nc2ccc(Cl)cc2Cl)nc1C(F)(F)F. The average Bonchev–Trinajstić information content (AvgIpc) is 2.50. The maximum Gasteiger partial charge on any atom is 0.433 e. The topological polar surface area (TPSA) is 49.8 Å². The fraction of sp³-hybridized carbons (Fsp3) is 0.250. The lowest BCUT2D eigenvalue weighted by atomic mass is 10.2. The highest BCUT2D eigenvalue weighted by Gasteiger charge is 2.36. The van der Waals surface area contributed by atoms with Crippen molar-refractivity contribution in [2.45, 2.75) is 19.6 Å². The molecule has 0 spiro atoms. The van der Waals surface area contributed by atoms with Gasteiger partial charge in [-0.1, -0.05) is 35.4 Å². The number of alkyl halides is 3. The third-order valence-electron chi connectivity index (χ3n) is 3.05. The van der Waals surface area contributed by atoms with Crippen molar-refractivity contribution in [3.63, 3.8) is 0 Å². The molecule has 2 rings (SSSR count). The van der Waals surface area contributed by atoms with Crippen LogP contribution in [0.4, 0.5) is 24.8 Å². The van der Waals surface area contributed by atoms with Gasteiger partial charge >= 0.3 is 6.18 Å². The molecule has 0 aliphatic heterocycles. The third kappa shape index (κ3) is 5.59. The average molecular weight is 391 g/mol. The maximum absolute atomic E-state index is 13.3. The molecule has 0 saturated carbocycles. The quantitative estimate of drug-likeness (QED) is 0.664. The summed E-state index contributed by atoms with van der Waals surface area (Å²) in [6.45, 7) is 5.84. The molecular formula is C16H15Cl2F3N4. The molecule has 9 heteroatoms. The van der Waals surface area contributed by atoms with Crippen LogP contribution in [0.5, 0.6) is 0 Å². The van der Waals surface area contributed by atoms with E-state index in [2.05, 4.69) is 27.2 Å². The van der Waals surface area contributed by atoms with E-state index in [1.807, 2.05) is 0 Å². The summed E-state index contributed by atoms with van der Waals surface area (Å²) in [5, 5.41) is 6.18. The zero-order valence-corrected chi connectivity index (χ0v) is 14.7. The molecule has 0 aliphatic carbocycles. The number of hydrogen-bond donors (Lipinski definition) is 2. The summed E-state index contributed by atoms with van der Waals surface area (Å²) in [5.74, 6) is -0.208. The second-order valence-electron chi connectivity index (χ2n) is 5.38. The number of nitrogens with zero attached hydrogens (tertiary/aromatic N) is 2. The van der Waals surface area contributed by atoms with Gasteiger partial charge in [0, 0.05) is 29.9 Å². The van der Waals surface area contributed by atoms with E-state index in [4.69, 9.17) is 23.2 Å². The number of aromatic nitrogens is 2. The van der Waals surface area contributed by atoms with Crippen molar-refractivity contribution in [3.8, 4) is 0 Å². The van der Waals surface area contributed by atoms with E-state index in [1.54, 1.807) is 13.0 Å². The lowest BCUT2D eigenvalue weighted by Crippen LogP contribution is -2.21. The van der Waals surface area contributed by atoms with Crippen molar-refractivity contribution in [1.29, 1.82) is 0 Å². The van der Waals surface area contributed by atoms with E-state index in [0.717, 1.165) is 11.8 Å². The molecule has 2 N–H and O–H groups in total. The Hall–Kier alpha value is -1.83. The standard InChI is InChI=1S/C16H15Cl2F3N4/c1-9(2)6-22-7-10-8-23-15(25-14(10)16(19,20)21)24-13-4-3-11(17)5-12(13)18/h3-5,8,22H,1,6-7H2,2H3,(H,23,24,25). The predicted octanol–water partition coefficient (Wildman–Crippen LogP) is 5.21. The Labute approximate surface area is 153 Å². The largest absolute Gasteiger partial charge is 0.433 e.